The first-order valence-electron chi connectivity index (χ1n) is 10.4. The van der Waals surface area contributed by atoms with Gasteiger partial charge in [0.05, 0.1) is 41.7 Å². The summed E-state index contributed by atoms with van der Waals surface area (Å²) in [6, 6.07) is 17.6. The molecule has 1 N–H and O–H groups in total. The number of fused-ring (bicyclic) bond motifs is 1. The minimum atomic E-state index is -0.703. The predicted molar refractivity (Wildman–Crippen MR) is 131 cm³/mol. The molecule has 3 aromatic carbocycles. The lowest BCUT2D eigenvalue weighted by Crippen LogP contribution is -2.21. The van der Waals surface area contributed by atoms with Crippen molar-refractivity contribution < 1.29 is 28.2 Å². The number of benzene rings is 3. The van der Waals surface area contributed by atoms with E-state index in [-0.39, 0.29) is 16.3 Å². The Labute approximate surface area is 205 Å². The number of halogens is 2. The van der Waals surface area contributed by atoms with Crippen LogP contribution in [-0.4, -0.2) is 37.7 Å². The molecule has 0 saturated carbocycles. The Bertz CT molecular complexity index is 1430. The van der Waals surface area contributed by atoms with Crippen molar-refractivity contribution in [3.63, 3.8) is 0 Å². The highest BCUT2D eigenvalue weighted by Gasteiger charge is 2.18. The molecule has 178 valence electrons. The first kappa shape index (κ1) is 24.0. The van der Waals surface area contributed by atoms with E-state index >= 15 is 0 Å². The van der Waals surface area contributed by atoms with Crippen LogP contribution in [0, 0.1) is 5.82 Å². The molecule has 4 rings (SSSR count). The highest BCUT2D eigenvalue weighted by atomic mass is 35.5. The number of para-hydroxylation sites is 1. The van der Waals surface area contributed by atoms with E-state index < -0.39 is 24.3 Å². The molecule has 0 spiro atoms. The second-order valence-corrected chi connectivity index (χ2v) is 7.80. The van der Waals surface area contributed by atoms with Gasteiger partial charge < -0.3 is 19.5 Å². The Morgan fingerprint density at radius 3 is 2.49 bits per heavy atom. The third-order valence-corrected chi connectivity index (χ3v) is 5.47. The number of esters is 1. The molecule has 0 atom stereocenters. The molecule has 0 bridgehead atoms. The Morgan fingerprint density at radius 1 is 0.971 bits per heavy atom. The van der Waals surface area contributed by atoms with E-state index in [4.69, 9.17) is 25.8 Å². The highest BCUT2D eigenvalue weighted by Crippen LogP contribution is 2.33. The van der Waals surface area contributed by atoms with Gasteiger partial charge in [0.15, 0.2) is 18.1 Å². The number of rotatable bonds is 7. The molecule has 1 heterocycles. The van der Waals surface area contributed by atoms with Gasteiger partial charge in [0.25, 0.3) is 5.91 Å². The summed E-state index contributed by atoms with van der Waals surface area (Å²) >= 11 is 5.93. The van der Waals surface area contributed by atoms with Gasteiger partial charge in [-0.25, -0.2) is 14.2 Å². The van der Waals surface area contributed by atoms with E-state index in [1.807, 2.05) is 6.07 Å². The van der Waals surface area contributed by atoms with E-state index in [0.717, 1.165) is 12.1 Å². The largest absolute Gasteiger partial charge is 0.493 e. The molecule has 0 aliphatic heterocycles. The summed E-state index contributed by atoms with van der Waals surface area (Å²) in [5.41, 5.74) is 2.24. The topological polar surface area (TPSA) is 86.8 Å². The Balaban J connectivity index is 1.59. The molecule has 0 unspecified atom stereocenters. The van der Waals surface area contributed by atoms with Crippen molar-refractivity contribution in [3.8, 4) is 22.8 Å². The van der Waals surface area contributed by atoms with Crippen LogP contribution in [0.1, 0.15) is 10.4 Å². The van der Waals surface area contributed by atoms with Crippen LogP contribution in [0.4, 0.5) is 10.1 Å². The van der Waals surface area contributed by atoms with E-state index in [0.29, 0.717) is 33.7 Å². The lowest BCUT2D eigenvalue weighted by atomic mass is 10.0. The van der Waals surface area contributed by atoms with Crippen LogP contribution >= 0.6 is 11.6 Å². The van der Waals surface area contributed by atoms with E-state index in [2.05, 4.69) is 10.3 Å². The fourth-order valence-corrected chi connectivity index (χ4v) is 3.69. The zero-order valence-electron chi connectivity index (χ0n) is 18.8. The number of ether oxygens (including phenoxy) is 3. The number of nitrogens with one attached hydrogen (secondary N) is 1. The number of hydrogen-bond acceptors (Lipinski definition) is 6. The second-order valence-electron chi connectivity index (χ2n) is 7.39. The molecular formula is C26H20ClFN2O5. The molecule has 7 nitrogen and oxygen atoms in total. The molecule has 1 aromatic heterocycles. The molecule has 9 heteroatoms. The number of carbonyl (C=O) groups is 2. The van der Waals surface area contributed by atoms with E-state index in [1.54, 1.807) is 49.6 Å². The molecule has 0 aliphatic rings. The number of pyridine rings is 1. The highest BCUT2D eigenvalue weighted by molar-refractivity contribution is 6.33. The molecule has 0 saturated heterocycles. The number of aromatic nitrogens is 1. The summed E-state index contributed by atoms with van der Waals surface area (Å²) in [6.07, 6.45) is 0. The average molecular weight is 495 g/mol. The van der Waals surface area contributed by atoms with Crippen LogP contribution in [0.25, 0.3) is 22.2 Å². The lowest BCUT2D eigenvalue weighted by Gasteiger charge is -2.12. The third kappa shape index (κ3) is 5.33. The van der Waals surface area contributed by atoms with Crippen molar-refractivity contribution in [2.24, 2.45) is 0 Å². The standard InChI is InChI=1S/C26H20ClFN2O5/c1-33-23-10-7-15(11-24(23)34-2)22-13-18(17-5-3-4-6-20(17)29-22)26(32)35-14-25(31)30-21-9-8-16(28)12-19(21)27/h3-13H,14H2,1-2H3,(H,30,31). The first-order valence-corrected chi connectivity index (χ1v) is 10.8. The minimum absolute atomic E-state index is 0.0318. The van der Waals surface area contributed by atoms with E-state index in [9.17, 15) is 14.0 Å². The maximum atomic E-state index is 13.2. The molecule has 0 aliphatic carbocycles. The van der Waals surface area contributed by atoms with Gasteiger partial charge in [-0.05, 0) is 48.5 Å². The normalized spacial score (nSPS) is 10.6. The van der Waals surface area contributed by atoms with Gasteiger partial charge in [-0.2, -0.15) is 0 Å². The smallest absolute Gasteiger partial charge is 0.339 e. The van der Waals surface area contributed by atoms with Gasteiger partial charge >= 0.3 is 5.97 Å². The number of carbonyl (C=O) groups excluding carboxylic acids is 2. The second kappa shape index (κ2) is 10.4. The van der Waals surface area contributed by atoms with Gasteiger partial charge in [0, 0.05) is 10.9 Å². The third-order valence-electron chi connectivity index (χ3n) is 5.15. The van der Waals surface area contributed by atoms with Crippen LogP contribution in [0.5, 0.6) is 11.5 Å². The van der Waals surface area contributed by atoms with Crippen molar-refractivity contribution in [2.75, 3.05) is 26.1 Å². The zero-order valence-corrected chi connectivity index (χ0v) is 19.6. The maximum absolute atomic E-state index is 13.2. The van der Waals surface area contributed by atoms with E-state index in [1.165, 1.54) is 13.2 Å². The fraction of sp³-hybridized carbons (Fsp3) is 0.115. The van der Waals surface area contributed by atoms with Crippen molar-refractivity contribution in [2.45, 2.75) is 0 Å². The molecular weight excluding hydrogens is 475 g/mol. The molecule has 4 aromatic rings. The molecule has 0 radical (unpaired) electrons. The van der Waals surface area contributed by atoms with Crippen molar-refractivity contribution in [1.82, 2.24) is 4.98 Å². The van der Waals surface area contributed by atoms with Gasteiger partial charge in [-0.1, -0.05) is 29.8 Å². The number of nitrogens with zero attached hydrogens (tertiary/aromatic N) is 1. The zero-order chi connectivity index (χ0) is 24.9. The molecule has 35 heavy (non-hydrogen) atoms. The number of methoxy groups -OCH3 is 2. The summed E-state index contributed by atoms with van der Waals surface area (Å²) in [5.74, 6) is -0.783. The van der Waals surface area contributed by atoms with Gasteiger partial charge in [0.2, 0.25) is 0 Å². The molecule has 0 fully saturated rings. The summed E-state index contributed by atoms with van der Waals surface area (Å²) in [7, 11) is 3.07. The van der Waals surface area contributed by atoms with Crippen LogP contribution in [0.15, 0.2) is 66.7 Å². The summed E-state index contributed by atoms with van der Waals surface area (Å²) in [6.45, 7) is -0.561. The fourth-order valence-electron chi connectivity index (χ4n) is 3.47. The van der Waals surface area contributed by atoms with Crippen molar-refractivity contribution in [1.29, 1.82) is 0 Å². The Hall–Kier alpha value is -4.17. The summed E-state index contributed by atoms with van der Waals surface area (Å²) < 4.78 is 29.1. The molecule has 1 amide bonds. The number of amides is 1. The van der Waals surface area contributed by atoms with Crippen LogP contribution in [0.2, 0.25) is 5.02 Å². The SMILES string of the molecule is COc1ccc(-c2cc(C(=O)OCC(=O)Nc3ccc(F)cc3Cl)c3ccccc3n2)cc1OC. The van der Waals surface area contributed by atoms with Crippen LogP contribution in [0.3, 0.4) is 0 Å². The summed E-state index contributed by atoms with van der Waals surface area (Å²) in [4.78, 5) is 29.9. The first-order chi connectivity index (χ1) is 16.9. The Kier molecular flexibility index (Phi) is 7.12. The number of anilines is 1. The van der Waals surface area contributed by atoms with Gasteiger partial charge in [-0.15, -0.1) is 0 Å². The van der Waals surface area contributed by atoms with Gasteiger partial charge in [-0.3, -0.25) is 4.79 Å². The average Bonchev–Trinajstić information content (AvgIpc) is 2.87. The van der Waals surface area contributed by atoms with Gasteiger partial charge in [0.1, 0.15) is 5.82 Å². The number of hydrogen-bond donors (Lipinski definition) is 1. The van der Waals surface area contributed by atoms with Crippen LogP contribution in [-0.2, 0) is 9.53 Å². The minimum Gasteiger partial charge on any atom is -0.493 e. The monoisotopic (exact) mass is 494 g/mol. The summed E-state index contributed by atoms with van der Waals surface area (Å²) in [5, 5.41) is 3.09. The lowest BCUT2D eigenvalue weighted by molar-refractivity contribution is -0.119. The predicted octanol–water partition coefficient (Wildman–Crippen LogP) is 5.51. The quantitative estimate of drug-likeness (QED) is 0.341. The maximum Gasteiger partial charge on any atom is 0.339 e. The van der Waals surface area contributed by atoms with Crippen molar-refractivity contribution in [3.05, 3.63) is 83.1 Å². The van der Waals surface area contributed by atoms with Crippen molar-refractivity contribution >= 4 is 40.1 Å². The van der Waals surface area contributed by atoms with Crippen LogP contribution < -0.4 is 14.8 Å². The Morgan fingerprint density at radius 2 is 1.74 bits per heavy atom.